The lowest BCUT2D eigenvalue weighted by Crippen LogP contribution is -2.57. The summed E-state index contributed by atoms with van der Waals surface area (Å²) in [5.74, 6) is 0.972. The largest absolute Gasteiger partial charge is 0.496 e. The molecule has 144 valence electrons. The molecule has 1 aliphatic carbocycles. The van der Waals surface area contributed by atoms with E-state index >= 15 is 0 Å². The normalized spacial score (nSPS) is 20.4. The molecular weight excluding hydrogens is 344 g/mol. The topological polar surface area (TPSA) is 84.3 Å². The molecule has 1 atom stereocenters. The SMILES string of the molecule is COc1ccc(CN2CCN[C@H](C(=O)NC3CC3)C2)cc1Cn1cncn1. The summed E-state index contributed by atoms with van der Waals surface area (Å²) in [6, 6.07) is 6.51. The number of methoxy groups -OCH3 is 1. The average molecular weight is 370 g/mol. The summed E-state index contributed by atoms with van der Waals surface area (Å²) >= 11 is 0. The highest BCUT2D eigenvalue weighted by atomic mass is 16.5. The number of rotatable bonds is 7. The second-order valence-electron chi connectivity index (χ2n) is 7.26. The molecule has 2 heterocycles. The fourth-order valence-corrected chi connectivity index (χ4v) is 3.46. The minimum Gasteiger partial charge on any atom is -0.496 e. The van der Waals surface area contributed by atoms with E-state index in [-0.39, 0.29) is 11.9 Å². The van der Waals surface area contributed by atoms with Crippen LogP contribution in [0.1, 0.15) is 24.0 Å². The zero-order valence-corrected chi connectivity index (χ0v) is 15.6. The molecule has 2 aromatic rings. The van der Waals surface area contributed by atoms with Crippen LogP contribution in [0.2, 0.25) is 0 Å². The summed E-state index contributed by atoms with van der Waals surface area (Å²) in [4.78, 5) is 18.7. The molecule has 0 bridgehead atoms. The van der Waals surface area contributed by atoms with Gasteiger partial charge in [-0.15, -0.1) is 0 Å². The molecule has 1 saturated heterocycles. The summed E-state index contributed by atoms with van der Waals surface area (Å²) < 4.78 is 7.27. The van der Waals surface area contributed by atoms with Gasteiger partial charge in [-0.05, 0) is 30.5 Å². The van der Waals surface area contributed by atoms with Crippen molar-refractivity contribution in [1.82, 2.24) is 30.3 Å². The molecule has 1 aromatic carbocycles. The summed E-state index contributed by atoms with van der Waals surface area (Å²) in [5.41, 5.74) is 2.27. The van der Waals surface area contributed by atoms with Crippen LogP contribution in [0.25, 0.3) is 0 Å². The minimum atomic E-state index is -0.132. The van der Waals surface area contributed by atoms with Crippen molar-refractivity contribution in [2.45, 2.75) is 38.0 Å². The Labute approximate surface area is 158 Å². The average Bonchev–Trinajstić information content (AvgIpc) is 3.34. The molecule has 27 heavy (non-hydrogen) atoms. The van der Waals surface area contributed by atoms with Gasteiger partial charge in [-0.1, -0.05) is 6.07 Å². The van der Waals surface area contributed by atoms with Crippen LogP contribution in [0, 0.1) is 0 Å². The Morgan fingerprint density at radius 3 is 3.00 bits per heavy atom. The smallest absolute Gasteiger partial charge is 0.238 e. The Morgan fingerprint density at radius 2 is 2.26 bits per heavy atom. The lowest BCUT2D eigenvalue weighted by Gasteiger charge is -2.33. The maximum atomic E-state index is 12.3. The number of nitrogens with zero attached hydrogens (tertiary/aromatic N) is 4. The minimum absolute atomic E-state index is 0.129. The number of carbonyl (C=O) groups excluding carboxylic acids is 1. The molecule has 0 spiro atoms. The van der Waals surface area contributed by atoms with Gasteiger partial charge in [0.2, 0.25) is 5.91 Å². The third kappa shape index (κ3) is 4.64. The molecule has 8 nitrogen and oxygen atoms in total. The summed E-state index contributed by atoms with van der Waals surface area (Å²) in [5, 5.41) is 10.6. The number of aromatic nitrogens is 3. The highest BCUT2D eigenvalue weighted by Crippen LogP contribution is 2.22. The van der Waals surface area contributed by atoms with E-state index in [1.807, 2.05) is 6.07 Å². The van der Waals surface area contributed by atoms with Gasteiger partial charge in [-0.3, -0.25) is 9.69 Å². The molecule has 0 unspecified atom stereocenters. The fourth-order valence-electron chi connectivity index (χ4n) is 3.46. The molecule has 2 N–H and O–H groups in total. The molecule has 1 amide bonds. The van der Waals surface area contributed by atoms with Crippen LogP contribution < -0.4 is 15.4 Å². The van der Waals surface area contributed by atoms with E-state index in [2.05, 4.69) is 37.7 Å². The van der Waals surface area contributed by atoms with E-state index < -0.39 is 0 Å². The molecule has 2 aliphatic rings. The van der Waals surface area contributed by atoms with Crippen molar-refractivity contribution in [2.24, 2.45) is 0 Å². The number of benzene rings is 1. The maximum absolute atomic E-state index is 12.3. The van der Waals surface area contributed by atoms with Crippen molar-refractivity contribution in [2.75, 3.05) is 26.7 Å². The predicted octanol–water partition coefficient (Wildman–Crippen LogP) is 0.387. The van der Waals surface area contributed by atoms with Crippen LogP contribution in [-0.4, -0.2) is 64.4 Å². The molecular formula is C19H26N6O2. The van der Waals surface area contributed by atoms with E-state index in [1.54, 1.807) is 18.1 Å². The van der Waals surface area contributed by atoms with Crippen LogP contribution in [0.15, 0.2) is 30.9 Å². The van der Waals surface area contributed by atoms with Crippen molar-refractivity contribution < 1.29 is 9.53 Å². The zero-order chi connectivity index (χ0) is 18.6. The molecule has 1 saturated carbocycles. The number of carbonyl (C=O) groups is 1. The molecule has 1 aromatic heterocycles. The quantitative estimate of drug-likeness (QED) is 0.733. The second-order valence-corrected chi connectivity index (χ2v) is 7.26. The van der Waals surface area contributed by atoms with Crippen molar-refractivity contribution in [3.63, 3.8) is 0 Å². The van der Waals surface area contributed by atoms with Crippen LogP contribution >= 0.6 is 0 Å². The predicted molar refractivity (Wildman–Crippen MR) is 100 cm³/mol. The molecule has 2 fully saturated rings. The van der Waals surface area contributed by atoms with E-state index in [0.717, 1.165) is 50.3 Å². The Bertz CT molecular complexity index is 775. The molecule has 1 aliphatic heterocycles. The summed E-state index contributed by atoms with van der Waals surface area (Å²) in [6.07, 6.45) is 5.46. The number of hydrogen-bond donors (Lipinski definition) is 2. The lowest BCUT2D eigenvalue weighted by atomic mass is 10.1. The van der Waals surface area contributed by atoms with Gasteiger partial charge >= 0.3 is 0 Å². The third-order valence-electron chi connectivity index (χ3n) is 5.05. The lowest BCUT2D eigenvalue weighted by molar-refractivity contribution is -0.124. The van der Waals surface area contributed by atoms with Gasteiger partial charge in [0.05, 0.1) is 19.7 Å². The number of piperazine rings is 1. The van der Waals surface area contributed by atoms with Gasteiger partial charge in [0.25, 0.3) is 0 Å². The molecule has 4 rings (SSSR count). The Morgan fingerprint density at radius 1 is 1.37 bits per heavy atom. The van der Waals surface area contributed by atoms with Crippen LogP contribution in [0.5, 0.6) is 5.75 Å². The van der Waals surface area contributed by atoms with Crippen molar-refractivity contribution >= 4 is 5.91 Å². The van der Waals surface area contributed by atoms with Gasteiger partial charge in [-0.25, -0.2) is 9.67 Å². The number of nitrogens with one attached hydrogen (secondary N) is 2. The van der Waals surface area contributed by atoms with Crippen LogP contribution in [0.4, 0.5) is 0 Å². The highest BCUT2D eigenvalue weighted by molar-refractivity contribution is 5.82. The van der Waals surface area contributed by atoms with E-state index in [9.17, 15) is 4.79 Å². The van der Waals surface area contributed by atoms with Crippen LogP contribution in [-0.2, 0) is 17.9 Å². The van der Waals surface area contributed by atoms with Gasteiger partial charge in [-0.2, -0.15) is 5.10 Å². The van der Waals surface area contributed by atoms with Crippen molar-refractivity contribution in [3.05, 3.63) is 42.0 Å². The summed E-state index contributed by atoms with van der Waals surface area (Å²) in [7, 11) is 1.68. The number of hydrogen-bond acceptors (Lipinski definition) is 6. The van der Waals surface area contributed by atoms with Gasteiger partial charge in [0.1, 0.15) is 18.4 Å². The monoisotopic (exact) mass is 370 g/mol. The highest BCUT2D eigenvalue weighted by Gasteiger charge is 2.30. The Kier molecular flexibility index (Phi) is 5.35. The second kappa shape index (κ2) is 8.06. The zero-order valence-electron chi connectivity index (χ0n) is 15.6. The Hall–Kier alpha value is -2.45. The summed E-state index contributed by atoms with van der Waals surface area (Å²) in [6.45, 7) is 3.90. The first-order valence-corrected chi connectivity index (χ1v) is 9.45. The van der Waals surface area contributed by atoms with Gasteiger partial charge in [0, 0.05) is 37.8 Å². The first-order valence-electron chi connectivity index (χ1n) is 9.45. The van der Waals surface area contributed by atoms with Crippen LogP contribution in [0.3, 0.4) is 0 Å². The van der Waals surface area contributed by atoms with E-state index in [0.29, 0.717) is 12.6 Å². The maximum Gasteiger partial charge on any atom is 0.238 e. The standard InChI is InChI=1S/C19H26N6O2/c1-27-18-5-2-14(8-15(18)10-25-13-20-12-22-25)9-24-7-6-21-17(11-24)19(26)23-16-3-4-16/h2,5,8,12-13,16-17,21H,3-4,6-7,9-11H2,1H3,(H,23,26)/t17-/m0/s1. The number of amides is 1. The van der Waals surface area contributed by atoms with E-state index in [1.165, 1.54) is 11.9 Å². The fraction of sp³-hybridized carbons (Fsp3) is 0.526. The van der Waals surface area contributed by atoms with E-state index in [4.69, 9.17) is 4.74 Å². The third-order valence-corrected chi connectivity index (χ3v) is 5.05. The van der Waals surface area contributed by atoms with Crippen molar-refractivity contribution in [3.8, 4) is 5.75 Å². The molecule has 8 heteroatoms. The Balaban J connectivity index is 1.41. The first-order chi connectivity index (χ1) is 13.2. The van der Waals surface area contributed by atoms with Gasteiger partial charge in [0.15, 0.2) is 0 Å². The molecule has 0 radical (unpaired) electrons. The number of ether oxygens (including phenoxy) is 1. The first kappa shape index (κ1) is 17.9. The van der Waals surface area contributed by atoms with Gasteiger partial charge < -0.3 is 15.4 Å². The van der Waals surface area contributed by atoms with Crippen molar-refractivity contribution in [1.29, 1.82) is 0 Å².